The fourth-order valence-electron chi connectivity index (χ4n) is 3.85. The molecule has 0 bridgehead atoms. The highest BCUT2D eigenvalue weighted by Gasteiger charge is 2.38. The standard InChI is InChI=1S/C22H21F3N4O/c23-22(24,25)20(30)26-11-9-18-6-3-13-29(18)21-27-12-10-19(28-21)17-8-7-15-4-1-2-5-16(15)14-17/h1-2,4-5,7-8,10,12,14,18H,3,6,9,11,13H2,(H,26,30)/t18-/m1/s1. The Morgan fingerprint density at radius 3 is 2.73 bits per heavy atom. The predicted octanol–water partition coefficient (Wildman–Crippen LogP) is 4.33. The van der Waals surface area contributed by atoms with E-state index >= 15 is 0 Å². The number of halogens is 3. The quantitative estimate of drug-likeness (QED) is 0.675. The van der Waals surface area contributed by atoms with Crippen LogP contribution in [0.25, 0.3) is 22.0 Å². The van der Waals surface area contributed by atoms with Crippen molar-refractivity contribution in [3.63, 3.8) is 0 Å². The number of nitrogens with one attached hydrogen (secondary N) is 1. The van der Waals surface area contributed by atoms with Crippen molar-refractivity contribution < 1.29 is 18.0 Å². The molecule has 4 rings (SSSR count). The van der Waals surface area contributed by atoms with E-state index in [-0.39, 0.29) is 12.6 Å². The molecule has 1 fully saturated rings. The molecule has 1 atom stereocenters. The molecule has 0 aliphatic carbocycles. The Morgan fingerprint density at radius 2 is 1.93 bits per heavy atom. The Labute approximate surface area is 171 Å². The van der Waals surface area contributed by atoms with Crippen molar-refractivity contribution in [3.8, 4) is 11.3 Å². The lowest BCUT2D eigenvalue weighted by atomic mass is 10.1. The van der Waals surface area contributed by atoms with Crippen molar-refractivity contribution in [2.45, 2.75) is 31.5 Å². The van der Waals surface area contributed by atoms with Crippen LogP contribution < -0.4 is 10.2 Å². The van der Waals surface area contributed by atoms with Gasteiger partial charge in [-0.15, -0.1) is 0 Å². The second-order valence-electron chi connectivity index (χ2n) is 7.34. The van der Waals surface area contributed by atoms with Gasteiger partial charge in [-0.3, -0.25) is 4.79 Å². The lowest BCUT2D eigenvalue weighted by Gasteiger charge is -2.25. The monoisotopic (exact) mass is 414 g/mol. The molecule has 2 heterocycles. The van der Waals surface area contributed by atoms with E-state index in [0.717, 1.165) is 41.4 Å². The van der Waals surface area contributed by atoms with E-state index in [4.69, 9.17) is 4.98 Å². The number of amides is 1. The molecule has 1 aromatic heterocycles. The summed E-state index contributed by atoms with van der Waals surface area (Å²) < 4.78 is 37.1. The van der Waals surface area contributed by atoms with Crippen LogP contribution in [0.15, 0.2) is 54.7 Å². The number of hydrogen-bond donors (Lipinski definition) is 1. The van der Waals surface area contributed by atoms with E-state index in [9.17, 15) is 18.0 Å². The molecule has 0 saturated carbocycles. The molecule has 156 valence electrons. The van der Waals surface area contributed by atoms with E-state index in [1.165, 1.54) is 0 Å². The summed E-state index contributed by atoms with van der Waals surface area (Å²) in [6.07, 6.45) is -1.02. The van der Waals surface area contributed by atoms with Gasteiger partial charge in [-0.2, -0.15) is 13.2 Å². The summed E-state index contributed by atoms with van der Waals surface area (Å²) in [6, 6.07) is 16.1. The number of anilines is 1. The van der Waals surface area contributed by atoms with Gasteiger partial charge in [0.1, 0.15) is 0 Å². The minimum atomic E-state index is -4.85. The number of carbonyl (C=O) groups excluding carboxylic acids is 1. The minimum absolute atomic E-state index is 0.00890. The van der Waals surface area contributed by atoms with E-state index in [1.54, 1.807) is 6.20 Å². The van der Waals surface area contributed by atoms with Crippen LogP contribution in [-0.2, 0) is 4.79 Å². The Bertz CT molecular complexity index is 1050. The second-order valence-corrected chi connectivity index (χ2v) is 7.34. The van der Waals surface area contributed by atoms with Crippen LogP contribution >= 0.6 is 0 Å². The summed E-state index contributed by atoms with van der Waals surface area (Å²) >= 11 is 0. The first-order chi connectivity index (χ1) is 14.4. The maximum absolute atomic E-state index is 12.4. The number of hydrogen-bond acceptors (Lipinski definition) is 4. The molecule has 8 heteroatoms. The van der Waals surface area contributed by atoms with Gasteiger partial charge >= 0.3 is 12.1 Å². The predicted molar refractivity (Wildman–Crippen MR) is 109 cm³/mol. The maximum atomic E-state index is 12.4. The smallest absolute Gasteiger partial charge is 0.348 e. The van der Waals surface area contributed by atoms with Gasteiger partial charge in [0.25, 0.3) is 0 Å². The van der Waals surface area contributed by atoms with Crippen LogP contribution in [0.1, 0.15) is 19.3 Å². The number of nitrogens with zero attached hydrogens (tertiary/aromatic N) is 3. The molecule has 0 radical (unpaired) electrons. The maximum Gasteiger partial charge on any atom is 0.471 e. The lowest BCUT2D eigenvalue weighted by Crippen LogP contribution is -2.40. The zero-order valence-electron chi connectivity index (χ0n) is 16.2. The van der Waals surface area contributed by atoms with Crippen LogP contribution in [-0.4, -0.2) is 41.2 Å². The SMILES string of the molecule is O=C(NCC[C@H]1CCCN1c1nccc(-c2ccc3ccccc3c2)n1)C(F)(F)F. The zero-order valence-corrected chi connectivity index (χ0v) is 16.2. The molecule has 3 aromatic rings. The van der Waals surface area contributed by atoms with Crippen molar-refractivity contribution in [2.75, 3.05) is 18.0 Å². The average molecular weight is 414 g/mol. The highest BCUT2D eigenvalue weighted by molar-refractivity contribution is 5.86. The van der Waals surface area contributed by atoms with Gasteiger partial charge in [0.15, 0.2) is 0 Å². The first kappa shape index (κ1) is 20.1. The summed E-state index contributed by atoms with van der Waals surface area (Å²) in [6.45, 7) is 0.697. The van der Waals surface area contributed by atoms with Gasteiger partial charge in [0.2, 0.25) is 5.95 Å². The number of aromatic nitrogens is 2. The molecule has 0 unspecified atom stereocenters. The van der Waals surface area contributed by atoms with Gasteiger partial charge in [0, 0.05) is 30.9 Å². The fraction of sp³-hybridized carbons (Fsp3) is 0.318. The topological polar surface area (TPSA) is 58.1 Å². The van der Waals surface area contributed by atoms with E-state index in [0.29, 0.717) is 12.4 Å². The van der Waals surface area contributed by atoms with E-state index in [2.05, 4.69) is 23.2 Å². The first-order valence-electron chi connectivity index (χ1n) is 9.86. The van der Waals surface area contributed by atoms with Gasteiger partial charge in [-0.25, -0.2) is 9.97 Å². The molecule has 1 aliphatic heterocycles. The van der Waals surface area contributed by atoms with Gasteiger partial charge < -0.3 is 10.2 Å². The Balaban J connectivity index is 1.48. The summed E-state index contributed by atoms with van der Waals surface area (Å²) in [5, 5.41) is 4.21. The number of alkyl halides is 3. The Hall–Kier alpha value is -3.16. The first-order valence-corrected chi connectivity index (χ1v) is 9.86. The average Bonchev–Trinajstić information content (AvgIpc) is 3.21. The third kappa shape index (κ3) is 4.37. The van der Waals surface area contributed by atoms with Crippen LogP contribution in [0.3, 0.4) is 0 Å². The Morgan fingerprint density at radius 1 is 1.13 bits per heavy atom. The largest absolute Gasteiger partial charge is 0.471 e. The molecule has 30 heavy (non-hydrogen) atoms. The van der Waals surface area contributed by atoms with Crippen molar-refractivity contribution in [2.24, 2.45) is 0 Å². The molecule has 5 nitrogen and oxygen atoms in total. The van der Waals surface area contributed by atoms with Crippen molar-refractivity contribution >= 4 is 22.6 Å². The molecule has 1 aliphatic rings. The fourth-order valence-corrected chi connectivity index (χ4v) is 3.85. The van der Waals surface area contributed by atoms with Gasteiger partial charge in [-0.1, -0.05) is 36.4 Å². The van der Waals surface area contributed by atoms with Crippen LogP contribution in [0, 0.1) is 0 Å². The van der Waals surface area contributed by atoms with Crippen molar-refractivity contribution in [3.05, 3.63) is 54.7 Å². The number of rotatable bonds is 5. The molecule has 0 spiro atoms. The summed E-state index contributed by atoms with van der Waals surface area (Å²) in [4.78, 5) is 22.1. The number of carbonyl (C=O) groups is 1. The van der Waals surface area contributed by atoms with Crippen LogP contribution in [0.4, 0.5) is 19.1 Å². The Kier molecular flexibility index (Phi) is 5.57. The normalized spacial score (nSPS) is 16.8. The molecular formula is C22H21F3N4O. The van der Waals surface area contributed by atoms with Gasteiger partial charge in [-0.05, 0) is 42.2 Å². The molecule has 1 amide bonds. The van der Waals surface area contributed by atoms with Crippen molar-refractivity contribution in [1.29, 1.82) is 0 Å². The summed E-state index contributed by atoms with van der Waals surface area (Å²) in [5.74, 6) is -1.34. The molecular weight excluding hydrogens is 393 g/mol. The highest BCUT2D eigenvalue weighted by atomic mass is 19.4. The van der Waals surface area contributed by atoms with Crippen LogP contribution in [0.5, 0.6) is 0 Å². The van der Waals surface area contributed by atoms with Gasteiger partial charge in [0.05, 0.1) is 5.69 Å². The van der Waals surface area contributed by atoms with Crippen LogP contribution in [0.2, 0.25) is 0 Å². The molecule has 2 aromatic carbocycles. The summed E-state index contributed by atoms with van der Waals surface area (Å²) in [5.41, 5.74) is 1.77. The molecule has 1 N–H and O–H groups in total. The number of benzene rings is 2. The third-order valence-corrected chi connectivity index (χ3v) is 5.34. The molecule has 1 saturated heterocycles. The lowest BCUT2D eigenvalue weighted by molar-refractivity contribution is -0.173. The number of fused-ring (bicyclic) bond motifs is 1. The minimum Gasteiger partial charge on any atom is -0.348 e. The third-order valence-electron chi connectivity index (χ3n) is 5.34. The summed E-state index contributed by atoms with van der Waals surface area (Å²) in [7, 11) is 0. The second kappa shape index (κ2) is 8.30. The van der Waals surface area contributed by atoms with E-state index < -0.39 is 12.1 Å². The van der Waals surface area contributed by atoms with Crippen molar-refractivity contribution in [1.82, 2.24) is 15.3 Å². The highest BCUT2D eigenvalue weighted by Crippen LogP contribution is 2.28. The zero-order chi connectivity index (χ0) is 21.1. The van der Waals surface area contributed by atoms with E-state index in [1.807, 2.05) is 40.5 Å².